The van der Waals surface area contributed by atoms with E-state index in [-0.39, 0.29) is 11.8 Å². The molecular formula is C23H21N3O3. The van der Waals surface area contributed by atoms with Crippen molar-refractivity contribution in [3.8, 4) is 5.75 Å². The van der Waals surface area contributed by atoms with E-state index < -0.39 is 0 Å². The molecule has 0 aromatic heterocycles. The largest absolute Gasteiger partial charge is 0.496 e. The van der Waals surface area contributed by atoms with Gasteiger partial charge in [0.25, 0.3) is 11.8 Å². The van der Waals surface area contributed by atoms with E-state index in [4.69, 9.17) is 4.74 Å². The molecule has 29 heavy (non-hydrogen) atoms. The van der Waals surface area contributed by atoms with Crippen LogP contribution in [0.2, 0.25) is 0 Å². The van der Waals surface area contributed by atoms with E-state index in [1.807, 2.05) is 43.3 Å². The minimum Gasteiger partial charge on any atom is -0.496 e. The molecule has 6 heteroatoms. The quantitative estimate of drug-likeness (QED) is 0.495. The van der Waals surface area contributed by atoms with Crippen molar-refractivity contribution in [2.24, 2.45) is 5.10 Å². The van der Waals surface area contributed by atoms with Crippen LogP contribution in [0.4, 0.5) is 5.69 Å². The second kappa shape index (κ2) is 9.32. The van der Waals surface area contributed by atoms with Crippen LogP contribution in [0, 0.1) is 6.92 Å². The van der Waals surface area contributed by atoms with Crippen molar-refractivity contribution in [3.05, 3.63) is 95.1 Å². The molecule has 0 fully saturated rings. The Bertz CT molecular complexity index is 1040. The van der Waals surface area contributed by atoms with E-state index >= 15 is 0 Å². The van der Waals surface area contributed by atoms with E-state index in [1.165, 1.54) is 6.21 Å². The zero-order valence-electron chi connectivity index (χ0n) is 16.2. The number of hydrogen-bond acceptors (Lipinski definition) is 4. The third-order valence-electron chi connectivity index (χ3n) is 4.21. The minimum absolute atomic E-state index is 0.239. The molecule has 0 saturated carbocycles. The summed E-state index contributed by atoms with van der Waals surface area (Å²) in [6.45, 7) is 1.96. The average molecular weight is 387 g/mol. The van der Waals surface area contributed by atoms with E-state index in [0.717, 1.165) is 11.1 Å². The van der Waals surface area contributed by atoms with E-state index in [9.17, 15) is 9.59 Å². The van der Waals surface area contributed by atoms with Crippen LogP contribution in [0.15, 0.2) is 77.9 Å². The molecule has 0 aliphatic carbocycles. The Labute approximate surface area is 169 Å². The van der Waals surface area contributed by atoms with Crippen molar-refractivity contribution < 1.29 is 14.3 Å². The third kappa shape index (κ3) is 5.29. The van der Waals surface area contributed by atoms with Crippen molar-refractivity contribution >= 4 is 23.7 Å². The van der Waals surface area contributed by atoms with E-state index in [0.29, 0.717) is 22.6 Å². The second-order valence-electron chi connectivity index (χ2n) is 6.34. The molecule has 0 atom stereocenters. The molecule has 0 unspecified atom stereocenters. The summed E-state index contributed by atoms with van der Waals surface area (Å²) < 4.78 is 5.24. The van der Waals surface area contributed by atoms with Crippen LogP contribution in [0.3, 0.4) is 0 Å². The van der Waals surface area contributed by atoms with Crippen LogP contribution in [0.5, 0.6) is 5.75 Å². The number of nitrogens with one attached hydrogen (secondary N) is 2. The van der Waals surface area contributed by atoms with Crippen LogP contribution in [-0.4, -0.2) is 25.1 Å². The monoisotopic (exact) mass is 387 g/mol. The van der Waals surface area contributed by atoms with Crippen molar-refractivity contribution in [1.82, 2.24) is 5.43 Å². The number of carbonyl (C=O) groups excluding carboxylic acids is 2. The molecule has 2 amide bonds. The normalized spacial score (nSPS) is 10.6. The summed E-state index contributed by atoms with van der Waals surface area (Å²) in [5.41, 5.74) is 5.75. The summed E-state index contributed by atoms with van der Waals surface area (Å²) >= 11 is 0. The van der Waals surface area contributed by atoms with Crippen LogP contribution < -0.4 is 15.5 Å². The lowest BCUT2D eigenvalue weighted by molar-refractivity contribution is 0.0953. The third-order valence-corrected chi connectivity index (χ3v) is 4.21. The first-order chi connectivity index (χ1) is 14.1. The predicted octanol–water partition coefficient (Wildman–Crippen LogP) is 4.02. The lowest BCUT2D eigenvalue weighted by atomic mass is 10.1. The molecule has 2 N–H and O–H groups in total. The molecular weight excluding hydrogens is 366 g/mol. The van der Waals surface area contributed by atoms with E-state index in [1.54, 1.807) is 43.5 Å². The number of anilines is 1. The van der Waals surface area contributed by atoms with Gasteiger partial charge in [-0.3, -0.25) is 9.59 Å². The molecule has 146 valence electrons. The topological polar surface area (TPSA) is 79.8 Å². The van der Waals surface area contributed by atoms with E-state index in [2.05, 4.69) is 15.8 Å². The Morgan fingerprint density at radius 3 is 2.41 bits per heavy atom. The molecule has 6 nitrogen and oxygen atoms in total. The van der Waals surface area contributed by atoms with Crippen LogP contribution in [-0.2, 0) is 0 Å². The average Bonchev–Trinajstić information content (AvgIpc) is 2.74. The van der Waals surface area contributed by atoms with Crippen molar-refractivity contribution in [1.29, 1.82) is 0 Å². The van der Waals surface area contributed by atoms with Crippen LogP contribution >= 0.6 is 0 Å². The number of amides is 2. The van der Waals surface area contributed by atoms with Crippen molar-refractivity contribution in [2.45, 2.75) is 6.92 Å². The summed E-state index contributed by atoms with van der Waals surface area (Å²) in [6.07, 6.45) is 1.51. The zero-order valence-corrected chi connectivity index (χ0v) is 16.2. The van der Waals surface area contributed by atoms with Crippen LogP contribution in [0.25, 0.3) is 0 Å². The molecule has 0 spiro atoms. The number of hydrazone groups is 1. The lowest BCUT2D eigenvalue weighted by Crippen LogP contribution is -2.18. The number of rotatable bonds is 6. The van der Waals surface area contributed by atoms with Gasteiger partial charge in [0.1, 0.15) is 5.75 Å². The Hall–Kier alpha value is -3.93. The summed E-state index contributed by atoms with van der Waals surface area (Å²) in [5.74, 6) is 0.0330. The number of methoxy groups -OCH3 is 1. The first-order valence-corrected chi connectivity index (χ1v) is 9.01. The van der Waals surface area contributed by atoms with Gasteiger partial charge >= 0.3 is 0 Å². The molecule has 3 rings (SSSR count). The summed E-state index contributed by atoms with van der Waals surface area (Å²) in [5, 5.41) is 6.78. The van der Waals surface area contributed by atoms with Gasteiger partial charge < -0.3 is 10.1 Å². The molecule has 0 bridgehead atoms. The summed E-state index contributed by atoms with van der Waals surface area (Å²) in [7, 11) is 1.57. The second-order valence-corrected chi connectivity index (χ2v) is 6.34. The van der Waals surface area contributed by atoms with Crippen molar-refractivity contribution in [2.75, 3.05) is 12.4 Å². The molecule has 0 aliphatic heterocycles. The first kappa shape index (κ1) is 19.8. The number of nitrogens with zero attached hydrogens (tertiary/aromatic N) is 1. The SMILES string of the molecule is COc1ccccc1/C=N/NC(=O)c1cccc(NC(=O)c2ccc(C)cc2)c1. The molecule has 3 aromatic rings. The number of ether oxygens (including phenoxy) is 1. The highest BCUT2D eigenvalue weighted by atomic mass is 16.5. The fourth-order valence-corrected chi connectivity index (χ4v) is 2.64. The van der Waals surface area contributed by atoms with Gasteiger partial charge in [-0.05, 0) is 49.4 Å². The van der Waals surface area contributed by atoms with Gasteiger partial charge in [0.05, 0.1) is 13.3 Å². The molecule has 0 saturated heterocycles. The Morgan fingerprint density at radius 1 is 0.897 bits per heavy atom. The molecule has 3 aromatic carbocycles. The van der Waals surface area contributed by atoms with Gasteiger partial charge in [-0.1, -0.05) is 35.9 Å². The fourth-order valence-electron chi connectivity index (χ4n) is 2.64. The highest BCUT2D eigenvalue weighted by Gasteiger charge is 2.09. The number of aryl methyl sites for hydroxylation is 1. The van der Waals surface area contributed by atoms with Gasteiger partial charge in [-0.15, -0.1) is 0 Å². The molecule has 0 radical (unpaired) electrons. The minimum atomic E-state index is -0.386. The number of benzene rings is 3. The van der Waals surface area contributed by atoms with Gasteiger partial charge in [0, 0.05) is 22.4 Å². The fraction of sp³-hybridized carbons (Fsp3) is 0.0870. The highest BCUT2D eigenvalue weighted by Crippen LogP contribution is 2.15. The van der Waals surface area contributed by atoms with Gasteiger partial charge in [-0.25, -0.2) is 5.43 Å². The van der Waals surface area contributed by atoms with Gasteiger partial charge in [0.15, 0.2) is 0 Å². The van der Waals surface area contributed by atoms with Crippen molar-refractivity contribution in [3.63, 3.8) is 0 Å². The summed E-state index contributed by atoms with van der Waals surface area (Å²) in [4.78, 5) is 24.7. The van der Waals surface area contributed by atoms with Gasteiger partial charge in [-0.2, -0.15) is 5.10 Å². The smallest absolute Gasteiger partial charge is 0.271 e. The Morgan fingerprint density at radius 2 is 1.66 bits per heavy atom. The first-order valence-electron chi connectivity index (χ1n) is 9.01. The maximum absolute atomic E-state index is 12.4. The molecule has 0 heterocycles. The maximum Gasteiger partial charge on any atom is 0.271 e. The lowest BCUT2D eigenvalue weighted by Gasteiger charge is -2.07. The standard InChI is InChI=1S/C23H21N3O3/c1-16-10-12-17(13-11-16)22(27)25-20-8-5-7-18(14-20)23(28)26-24-15-19-6-3-4-9-21(19)29-2/h3-15H,1-2H3,(H,25,27)(H,26,28)/b24-15+. The van der Waals surface area contributed by atoms with Crippen LogP contribution in [0.1, 0.15) is 31.8 Å². The Balaban J connectivity index is 1.65. The highest BCUT2D eigenvalue weighted by molar-refractivity contribution is 6.05. The Kier molecular flexibility index (Phi) is 6.37. The summed E-state index contributed by atoms with van der Waals surface area (Å²) in [6, 6.07) is 21.3. The number of para-hydroxylation sites is 1. The maximum atomic E-state index is 12.4. The molecule has 0 aliphatic rings. The predicted molar refractivity (Wildman–Crippen MR) is 114 cm³/mol. The number of carbonyl (C=O) groups is 2. The van der Waals surface area contributed by atoms with Gasteiger partial charge in [0.2, 0.25) is 0 Å². The zero-order chi connectivity index (χ0) is 20.6. The number of hydrogen-bond donors (Lipinski definition) is 2.